The van der Waals surface area contributed by atoms with Crippen LogP contribution in [0.25, 0.3) is 0 Å². The van der Waals surface area contributed by atoms with E-state index in [4.69, 9.17) is 0 Å². The van der Waals surface area contributed by atoms with Gasteiger partial charge in [-0.15, -0.1) is 0 Å². The third kappa shape index (κ3) is 5.54. The Hall–Kier alpha value is -3.00. The van der Waals surface area contributed by atoms with Crippen LogP contribution < -0.4 is 10.6 Å². The van der Waals surface area contributed by atoms with Crippen molar-refractivity contribution in [2.45, 2.75) is 25.4 Å². The van der Waals surface area contributed by atoms with Gasteiger partial charge in [-0.3, -0.25) is 9.59 Å². The predicted molar refractivity (Wildman–Crippen MR) is 92.4 cm³/mol. The number of amides is 2. The average molecular weight is 340 g/mol. The van der Waals surface area contributed by atoms with Crippen molar-refractivity contribution in [3.63, 3.8) is 0 Å². The SMILES string of the molecule is O=C(NCC/C=C/CNC(=O)C1=CCCC=C1O)C1=C=C=C=CC1O. The molecule has 25 heavy (non-hydrogen) atoms. The Kier molecular flexibility index (Phi) is 6.85. The van der Waals surface area contributed by atoms with Crippen LogP contribution in [0.1, 0.15) is 19.3 Å². The Labute approximate surface area is 145 Å². The fraction of sp³-hybridized carbons (Fsp3) is 0.316. The number of hydrogen-bond acceptors (Lipinski definition) is 4. The predicted octanol–water partition coefficient (Wildman–Crippen LogP) is 1.09. The lowest BCUT2D eigenvalue weighted by molar-refractivity contribution is -0.118. The summed E-state index contributed by atoms with van der Waals surface area (Å²) in [6.07, 6.45) is 9.34. The molecule has 4 N–H and O–H groups in total. The number of aliphatic hydroxyl groups is 2. The van der Waals surface area contributed by atoms with E-state index in [2.05, 4.69) is 27.8 Å². The van der Waals surface area contributed by atoms with Crippen molar-refractivity contribution >= 4 is 11.8 Å². The van der Waals surface area contributed by atoms with Crippen molar-refractivity contribution in [2.24, 2.45) is 0 Å². The van der Waals surface area contributed by atoms with Gasteiger partial charge in [0, 0.05) is 19.2 Å². The zero-order valence-electron chi connectivity index (χ0n) is 13.7. The molecule has 6 nitrogen and oxygen atoms in total. The number of carbonyl (C=O) groups is 2. The van der Waals surface area contributed by atoms with Crippen LogP contribution in [0.5, 0.6) is 0 Å². The molecule has 130 valence electrons. The highest BCUT2D eigenvalue weighted by Gasteiger charge is 2.17. The molecular weight excluding hydrogens is 320 g/mol. The fourth-order valence-electron chi connectivity index (χ4n) is 2.26. The summed E-state index contributed by atoms with van der Waals surface area (Å²) in [4.78, 5) is 23.7. The third-order valence-corrected chi connectivity index (χ3v) is 3.57. The summed E-state index contributed by atoms with van der Waals surface area (Å²) >= 11 is 0. The van der Waals surface area contributed by atoms with Gasteiger partial charge in [0.05, 0.1) is 5.57 Å². The second-order valence-corrected chi connectivity index (χ2v) is 5.43. The first-order chi connectivity index (χ1) is 12.1. The number of nitrogens with one attached hydrogen (secondary N) is 2. The Morgan fingerprint density at radius 1 is 1.20 bits per heavy atom. The van der Waals surface area contributed by atoms with Gasteiger partial charge in [0.25, 0.3) is 11.8 Å². The minimum absolute atomic E-state index is 0.0217. The van der Waals surface area contributed by atoms with Crippen LogP contribution in [0.4, 0.5) is 0 Å². The molecule has 2 aliphatic carbocycles. The van der Waals surface area contributed by atoms with E-state index in [1.165, 1.54) is 6.08 Å². The summed E-state index contributed by atoms with van der Waals surface area (Å²) in [6, 6.07) is 0. The van der Waals surface area contributed by atoms with E-state index in [1.807, 2.05) is 6.08 Å². The van der Waals surface area contributed by atoms with E-state index in [-0.39, 0.29) is 17.2 Å². The van der Waals surface area contributed by atoms with Gasteiger partial charge >= 0.3 is 0 Å². The average Bonchev–Trinajstić information content (AvgIpc) is 2.61. The molecule has 0 aromatic carbocycles. The monoisotopic (exact) mass is 340 g/mol. The lowest BCUT2D eigenvalue weighted by atomic mass is 10.0. The highest BCUT2D eigenvalue weighted by Crippen LogP contribution is 2.15. The van der Waals surface area contributed by atoms with E-state index < -0.39 is 12.0 Å². The van der Waals surface area contributed by atoms with Crippen LogP contribution in [-0.4, -0.2) is 41.2 Å². The normalized spacial score (nSPS) is 18.6. The van der Waals surface area contributed by atoms with Crippen molar-refractivity contribution < 1.29 is 19.8 Å². The quantitative estimate of drug-likeness (QED) is 0.317. The van der Waals surface area contributed by atoms with Gasteiger partial charge in [-0.05, 0) is 36.8 Å². The summed E-state index contributed by atoms with van der Waals surface area (Å²) in [5.41, 5.74) is 8.02. The molecule has 1 unspecified atom stereocenters. The van der Waals surface area contributed by atoms with Gasteiger partial charge in [-0.25, -0.2) is 0 Å². The molecule has 0 aromatic rings. The molecule has 0 radical (unpaired) electrons. The van der Waals surface area contributed by atoms with E-state index >= 15 is 0 Å². The van der Waals surface area contributed by atoms with Crippen LogP contribution in [0, 0.1) is 0 Å². The maximum absolute atomic E-state index is 11.9. The molecular formula is C19H20N2O4. The standard InChI is InChI=1S/C19H20N2O4/c22-16-10-4-2-8-14(16)18(24)20-12-6-1-7-13-21-19(25)15-9-3-5-11-17(15)23/h1,6,8,10-11,17,22-23H,2,4,7,12-13H2,(H,20,24)(H,21,25)/b6-1+. The van der Waals surface area contributed by atoms with Gasteiger partial charge in [0.15, 0.2) is 0 Å². The molecule has 2 aliphatic rings. The molecule has 2 amide bonds. The molecule has 0 spiro atoms. The molecule has 1 atom stereocenters. The molecule has 0 fully saturated rings. The minimum atomic E-state index is -1.01. The molecule has 0 aromatic heterocycles. The first-order valence-corrected chi connectivity index (χ1v) is 8.05. The minimum Gasteiger partial charge on any atom is -0.507 e. The zero-order valence-corrected chi connectivity index (χ0v) is 13.7. The van der Waals surface area contributed by atoms with Gasteiger partial charge in [0.2, 0.25) is 0 Å². The second-order valence-electron chi connectivity index (χ2n) is 5.43. The van der Waals surface area contributed by atoms with Crippen molar-refractivity contribution in [1.29, 1.82) is 0 Å². The van der Waals surface area contributed by atoms with Crippen molar-refractivity contribution in [1.82, 2.24) is 10.6 Å². The van der Waals surface area contributed by atoms with E-state index in [0.717, 1.165) is 12.8 Å². The largest absolute Gasteiger partial charge is 0.507 e. The molecule has 6 heteroatoms. The lowest BCUT2D eigenvalue weighted by Gasteiger charge is -2.10. The highest BCUT2D eigenvalue weighted by molar-refractivity contribution is 5.97. The van der Waals surface area contributed by atoms with Crippen molar-refractivity contribution in [3.05, 3.63) is 64.5 Å². The van der Waals surface area contributed by atoms with Crippen LogP contribution >= 0.6 is 0 Å². The van der Waals surface area contributed by atoms with E-state index in [1.54, 1.807) is 18.2 Å². The highest BCUT2D eigenvalue weighted by atomic mass is 16.3. The molecule has 0 aliphatic heterocycles. The van der Waals surface area contributed by atoms with Crippen LogP contribution in [0.3, 0.4) is 0 Å². The van der Waals surface area contributed by atoms with Crippen molar-refractivity contribution in [3.8, 4) is 0 Å². The maximum Gasteiger partial charge on any atom is 0.258 e. The third-order valence-electron chi connectivity index (χ3n) is 3.57. The zero-order chi connectivity index (χ0) is 18.1. The lowest BCUT2D eigenvalue weighted by Crippen LogP contribution is -2.30. The van der Waals surface area contributed by atoms with Crippen LogP contribution in [-0.2, 0) is 9.59 Å². The Morgan fingerprint density at radius 2 is 2.00 bits per heavy atom. The summed E-state index contributed by atoms with van der Waals surface area (Å²) in [6.45, 7) is 0.725. The van der Waals surface area contributed by atoms with Crippen LogP contribution in [0.2, 0.25) is 0 Å². The topological polar surface area (TPSA) is 98.7 Å². The number of aliphatic hydroxyl groups excluding tert-OH is 2. The van der Waals surface area contributed by atoms with Gasteiger partial charge in [0.1, 0.15) is 17.4 Å². The molecule has 2 rings (SSSR count). The first kappa shape index (κ1) is 18.3. The smallest absolute Gasteiger partial charge is 0.258 e. The first-order valence-electron chi connectivity index (χ1n) is 8.05. The summed E-state index contributed by atoms with van der Waals surface area (Å²) < 4.78 is 0. The summed E-state index contributed by atoms with van der Waals surface area (Å²) in [5, 5.41) is 24.6. The van der Waals surface area contributed by atoms with Gasteiger partial charge < -0.3 is 20.8 Å². The Morgan fingerprint density at radius 3 is 2.76 bits per heavy atom. The number of allylic oxidation sites excluding steroid dienone is 2. The summed E-state index contributed by atoms with van der Waals surface area (Å²) in [5.74, 6) is -0.683. The molecule has 0 saturated heterocycles. The Bertz CT molecular complexity index is 769. The number of carbonyl (C=O) groups excluding carboxylic acids is 2. The molecule has 0 bridgehead atoms. The van der Waals surface area contributed by atoms with Gasteiger partial charge in [-0.2, -0.15) is 0 Å². The molecule has 0 saturated carbocycles. The van der Waals surface area contributed by atoms with Crippen molar-refractivity contribution in [2.75, 3.05) is 13.1 Å². The number of hydrogen-bond donors (Lipinski definition) is 4. The fourth-order valence-corrected chi connectivity index (χ4v) is 2.26. The number of rotatable bonds is 7. The summed E-state index contributed by atoms with van der Waals surface area (Å²) in [7, 11) is 0. The van der Waals surface area contributed by atoms with Gasteiger partial charge in [-0.1, -0.05) is 24.0 Å². The van der Waals surface area contributed by atoms with Crippen LogP contribution in [0.15, 0.2) is 64.5 Å². The van der Waals surface area contributed by atoms with E-state index in [9.17, 15) is 19.8 Å². The molecule has 0 heterocycles. The second kappa shape index (κ2) is 9.33. The maximum atomic E-state index is 11.9. The Balaban J connectivity index is 1.64. The van der Waals surface area contributed by atoms with E-state index in [0.29, 0.717) is 25.1 Å².